The Labute approximate surface area is 176 Å². The maximum atomic E-state index is 6.08. The quantitative estimate of drug-likeness (QED) is 0.306. The van der Waals surface area contributed by atoms with Crippen molar-refractivity contribution >= 4 is 21.5 Å². The van der Waals surface area contributed by atoms with E-state index in [9.17, 15) is 0 Å². The van der Waals surface area contributed by atoms with Crippen LogP contribution in [0.25, 0.3) is 21.5 Å². The van der Waals surface area contributed by atoms with Crippen LogP contribution in [0.4, 0.5) is 0 Å². The molecule has 0 atom stereocenters. The highest BCUT2D eigenvalue weighted by Gasteiger charge is 2.05. The molecule has 0 N–H and O–H groups in total. The molecule has 0 aliphatic carbocycles. The highest BCUT2D eigenvalue weighted by Crippen LogP contribution is 2.25. The number of hydrogen-bond acceptors (Lipinski definition) is 2. The van der Waals surface area contributed by atoms with Gasteiger partial charge in [-0.05, 0) is 44.8 Å². The first kappa shape index (κ1) is 18.3. The second kappa shape index (κ2) is 8.30. The smallest absolute Gasteiger partial charge is 0.123 e. The number of hydrogen-bond donors (Lipinski definition) is 0. The maximum Gasteiger partial charge on any atom is 0.123 e. The molecule has 2 heteroatoms. The molecule has 5 aromatic rings. The second-order valence-corrected chi connectivity index (χ2v) is 7.33. The summed E-state index contributed by atoms with van der Waals surface area (Å²) in [5, 5.41) is 4.91. The van der Waals surface area contributed by atoms with Gasteiger partial charge in [-0.25, -0.2) is 0 Å². The van der Waals surface area contributed by atoms with Gasteiger partial charge in [-0.15, -0.1) is 0 Å². The minimum atomic E-state index is 0.522. The number of fused-ring (bicyclic) bond motifs is 2. The summed E-state index contributed by atoms with van der Waals surface area (Å²) in [5.41, 5.74) is 2.35. The normalized spacial score (nSPS) is 10.9. The minimum absolute atomic E-state index is 0.522. The summed E-state index contributed by atoms with van der Waals surface area (Å²) in [6, 6.07) is 37.3. The molecule has 0 radical (unpaired) electrons. The Bertz CT molecular complexity index is 1200. The molecule has 5 rings (SSSR count). The zero-order chi connectivity index (χ0) is 20.2. The lowest BCUT2D eigenvalue weighted by atomic mass is 10.1. The fourth-order valence-corrected chi connectivity index (χ4v) is 3.81. The molecule has 0 saturated heterocycles. The molecule has 5 aromatic carbocycles. The summed E-state index contributed by atoms with van der Waals surface area (Å²) < 4.78 is 12.2. The molecule has 0 aliphatic rings. The van der Waals surface area contributed by atoms with Crippen molar-refractivity contribution in [1.29, 1.82) is 0 Å². The molecule has 0 unspecified atom stereocenters. The number of benzene rings is 5. The molecule has 146 valence electrons. The first-order chi connectivity index (χ1) is 14.9. The molecule has 30 heavy (non-hydrogen) atoms. The molecule has 0 amide bonds. The minimum Gasteiger partial charge on any atom is -0.489 e. The molecule has 0 aromatic heterocycles. The van der Waals surface area contributed by atoms with Crippen LogP contribution in [0, 0.1) is 0 Å². The Morgan fingerprint density at radius 2 is 0.867 bits per heavy atom. The van der Waals surface area contributed by atoms with Gasteiger partial charge in [-0.3, -0.25) is 0 Å². The average Bonchev–Trinajstić information content (AvgIpc) is 2.81. The zero-order valence-corrected chi connectivity index (χ0v) is 16.6. The number of rotatable bonds is 6. The molecule has 0 fully saturated rings. The second-order valence-electron chi connectivity index (χ2n) is 7.33. The Hall–Kier alpha value is -3.78. The molecular weight excluding hydrogens is 368 g/mol. The van der Waals surface area contributed by atoms with Crippen LogP contribution in [-0.4, -0.2) is 0 Å². The van der Waals surface area contributed by atoms with Crippen LogP contribution >= 0.6 is 0 Å². The largest absolute Gasteiger partial charge is 0.489 e. The molecular formula is C28H22O2. The van der Waals surface area contributed by atoms with Crippen molar-refractivity contribution < 1.29 is 9.47 Å². The molecule has 0 heterocycles. The van der Waals surface area contributed by atoms with Gasteiger partial charge in [0.2, 0.25) is 0 Å². The number of ether oxygens (including phenoxy) is 2. The fourth-order valence-electron chi connectivity index (χ4n) is 3.81. The van der Waals surface area contributed by atoms with E-state index in [1.165, 1.54) is 32.7 Å². The van der Waals surface area contributed by atoms with Crippen molar-refractivity contribution in [3.05, 3.63) is 120 Å². The van der Waals surface area contributed by atoms with Gasteiger partial charge in [0.05, 0.1) is 0 Å². The molecule has 0 aliphatic heterocycles. The Morgan fingerprint density at radius 3 is 1.40 bits per heavy atom. The monoisotopic (exact) mass is 390 g/mol. The van der Waals surface area contributed by atoms with Crippen LogP contribution in [0.15, 0.2) is 109 Å². The van der Waals surface area contributed by atoms with Crippen molar-refractivity contribution in [2.24, 2.45) is 0 Å². The van der Waals surface area contributed by atoms with Crippen LogP contribution in [0.3, 0.4) is 0 Å². The summed E-state index contributed by atoms with van der Waals surface area (Å²) in [5.74, 6) is 1.61. The lowest BCUT2D eigenvalue weighted by Gasteiger charge is -2.12. The summed E-state index contributed by atoms with van der Waals surface area (Å²) in [4.78, 5) is 0. The predicted molar refractivity (Wildman–Crippen MR) is 123 cm³/mol. The lowest BCUT2D eigenvalue weighted by molar-refractivity contribution is 0.291. The first-order valence-electron chi connectivity index (χ1n) is 10.2. The van der Waals surface area contributed by atoms with Crippen molar-refractivity contribution in [2.45, 2.75) is 13.2 Å². The third kappa shape index (κ3) is 3.85. The van der Waals surface area contributed by atoms with Crippen LogP contribution in [-0.2, 0) is 13.2 Å². The topological polar surface area (TPSA) is 18.5 Å². The molecule has 2 nitrogen and oxygen atoms in total. The van der Waals surface area contributed by atoms with Gasteiger partial charge < -0.3 is 9.47 Å². The van der Waals surface area contributed by atoms with Gasteiger partial charge in [-0.1, -0.05) is 91.0 Å². The summed E-state index contributed by atoms with van der Waals surface area (Å²) in [6.07, 6.45) is 0. The van der Waals surface area contributed by atoms with Crippen LogP contribution in [0.5, 0.6) is 11.5 Å². The molecule has 0 bridgehead atoms. The SMILES string of the molecule is c1cc(OCc2cccc3ccccc23)cc(OCc2cccc3ccccc23)c1. The molecule has 0 spiro atoms. The third-order valence-electron chi connectivity index (χ3n) is 5.35. The van der Waals surface area contributed by atoms with Crippen LogP contribution in [0.1, 0.15) is 11.1 Å². The van der Waals surface area contributed by atoms with E-state index in [2.05, 4.69) is 84.9 Å². The lowest BCUT2D eigenvalue weighted by Crippen LogP contribution is -1.98. The predicted octanol–water partition coefficient (Wildman–Crippen LogP) is 7.15. The van der Waals surface area contributed by atoms with Gasteiger partial charge >= 0.3 is 0 Å². The van der Waals surface area contributed by atoms with E-state index in [0.717, 1.165) is 11.5 Å². The summed E-state index contributed by atoms with van der Waals surface area (Å²) in [6.45, 7) is 1.04. The van der Waals surface area contributed by atoms with Crippen molar-refractivity contribution in [3.8, 4) is 11.5 Å². The van der Waals surface area contributed by atoms with E-state index >= 15 is 0 Å². The van der Waals surface area contributed by atoms with E-state index in [4.69, 9.17) is 9.47 Å². The van der Waals surface area contributed by atoms with E-state index in [0.29, 0.717) is 13.2 Å². The van der Waals surface area contributed by atoms with Crippen LogP contribution in [0.2, 0.25) is 0 Å². The average molecular weight is 390 g/mol. The van der Waals surface area contributed by atoms with E-state index in [-0.39, 0.29) is 0 Å². The van der Waals surface area contributed by atoms with Gasteiger partial charge in [-0.2, -0.15) is 0 Å². The van der Waals surface area contributed by atoms with E-state index < -0.39 is 0 Å². The van der Waals surface area contributed by atoms with Crippen molar-refractivity contribution in [2.75, 3.05) is 0 Å². The summed E-state index contributed by atoms with van der Waals surface area (Å²) >= 11 is 0. The summed E-state index contributed by atoms with van der Waals surface area (Å²) in [7, 11) is 0. The third-order valence-corrected chi connectivity index (χ3v) is 5.35. The zero-order valence-electron chi connectivity index (χ0n) is 16.6. The highest BCUT2D eigenvalue weighted by atomic mass is 16.5. The Balaban J connectivity index is 1.29. The van der Waals surface area contributed by atoms with Gasteiger partial charge in [0.25, 0.3) is 0 Å². The van der Waals surface area contributed by atoms with Crippen molar-refractivity contribution in [1.82, 2.24) is 0 Å². The van der Waals surface area contributed by atoms with E-state index in [1.54, 1.807) is 0 Å². The molecule has 0 saturated carbocycles. The fraction of sp³-hybridized carbons (Fsp3) is 0.0714. The van der Waals surface area contributed by atoms with Gasteiger partial charge in [0.15, 0.2) is 0 Å². The van der Waals surface area contributed by atoms with Crippen LogP contribution < -0.4 is 9.47 Å². The van der Waals surface area contributed by atoms with Gasteiger partial charge in [0, 0.05) is 6.07 Å². The first-order valence-corrected chi connectivity index (χ1v) is 10.2. The van der Waals surface area contributed by atoms with Crippen molar-refractivity contribution in [3.63, 3.8) is 0 Å². The highest BCUT2D eigenvalue weighted by molar-refractivity contribution is 5.86. The maximum absolute atomic E-state index is 6.08. The van der Waals surface area contributed by atoms with Gasteiger partial charge in [0.1, 0.15) is 24.7 Å². The standard InChI is InChI=1S/C28H22O2/c1-3-16-27-21(8-1)10-5-12-23(27)19-29-25-14-7-15-26(18-25)30-20-24-13-6-11-22-9-2-4-17-28(22)24/h1-18H,19-20H2. The Kier molecular flexibility index (Phi) is 5.05. The van der Waals surface area contributed by atoms with E-state index in [1.807, 2.05) is 24.3 Å². The Morgan fingerprint density at radius 1 is 0.433 bits per heavy atom.